The SMILES string of the molecule is COCOC1CCC(=O)N2CCCOC12. The van der Waals surface area contributed by atoms with Crippen molar-refractivity contribution in [2.75, 3.05) is 27.1 Å². The summed E-state index contributed by atoms with van der Waals surface area (Å²) in [5.74, 6) is 0.178. The van der Waals surface area contributed by atoms with Gasteiger partial charge in [0.05, 0.1) is 6.61 Å². The largest absolute Gasteiger partial charge is 0.359 e. The van der Waals surface area contributed by atoms with Crippen LogP contribution in [0.3, 0.4) is 0 Å². The Morgan fingerprint density at radius 3 is 3.27 bits per heavy atom. The summed E-state index contributed by atoms with van der Waals surface area (Å²) in [7, 11) is 1.59. The molecule has 2 unspecified atom stereocenters. The highest BCUT2D eigenvalue weighted by Crippen LogP contribution is 2.25. The second-order valence-corrected chi connectivity index (χ2v) is 3.85. The molecular formula is C10H17NO4. The minimum atomic E-state index is -0.199. The number of rotatable bonds is 3. The van der Waals surface area contributed by atoms with Crippen molar-refractivity contribution in [2.45, 2.75) is 31.6 Å². The summed E-state index contributed by atoms with van der Waals surface area (Å²) >= 11 is 0. The van der Waals surface area contributed by atoms with Gasteiger partial charge in [-0.2, -0.15) is 0 Å². The van der Waals surface area contributed by atoms with Gasteiger partial charge in [0, 0.05) is 20.1 Å². The zero-order valence-electron chi connectivity index (χ0n) is 8.98. The third-order valence-corrected chi connectivity index (χ3v) is 2.82. The van der Waals surface area contributed by atoms with Crippen molar-refractivity contribution in [2.24, 2.45) is 0 Å². The number of hydrogen-bond donors (Lipinski definition) is 0. The van der Waals surface area contributed by atoms with Crippen molar-refractivity contribution in [1.29, 1.82) is 0 Å². The van der Waals surface area contributed by atoms with Crippen molar-refractivity contribution < 1.29 is 19.0 Å². The molecule has 2 aliphatic heterocycles. The van der Waals surface area contributed by atoms with Crippen LogP contribution < -0.4 is 0 Å². The predicted octanol–water partition coefficient (Wildman–Crippen LogP) is 0.344. The van der Waals surface area contributed by atoms with E-state index in [1.807, 2.05) is 0 Å². The van der Waals surface area contributed by atoms with E-state index in [-0.39, 0.29) is 25.0 Å². The van der Waals surface area contributed by atoms with E-state index in [9.17, 15) is 4.79 Å². The van der Waals surface area contributed by atoms with Crippen LogP contribution in [0.5, 0.6) is 0 Å². The predicted molar refractivity (Wildman–Crippen MR) is 52.1 cm³/mol. The van der Waals surface area contributed by atoms with Crippen LogP contribution in [0.15, 0.2) is 0 Å². The Hall–Kier alpha value is -0.650. The number of fused-ring (bicyclic) bond motifs is 1. The van der Waals surface area contributed by atoms with E-state index < -0.39 is 0 Å². The smallest absolute Gasteiger partial charge is 0.224 e. The average Bonchev–Trinajstić information content (AvgIpc) is 2.29. The standard InChI is InChI=1S/C10H17NO4/c1-13-7-15-8-3-4-9(12)11-5-2-6-14-10(8)11/h8,10H,2-7H2,1H3. The third-order valence-electron chi connectivity index (χ3n) is 2.82. The first-order valence-electron chi connectivity index (χ1n) is 5.34. The maximum Gasteiger partial charge on any atom is 0.224 e. The van der Waals surface area contributed by atoms with Crippen molar-refractivity contribution in [3.8, 4) is 0 Å². The zero-order chi connectivity index (χ0) is 10.7. The summed E-state index contributed by atoms with van der Waals surface area (Å²) < 4.78 is 16.0. The maximum atomic E-state index is 11.6. The molecule has 2 fully saturated rings. The average molecular weight is 215 g/mol. The Bertz CT molecular complexity index is 233. The molecule has 2 aliphatic rings. The molecule has 2 saturated heterocycles. The minimum Gasteiger partial charge on any atom is -0.359 e. The van der Waals surface area contributed by atoms with Crippen LogP contribution in [0.1, 0.15) is 19.3 Å². The van der Waals surface area contributed by atoms with Gasteiger partial charge in [0.25, 0.3) is 0 Å². The molecule has 15 heavy (non-hydrogen) atoms. The van der Waals surface area contributed by atoms with Crippen molar-refractivity contribution in [3.63, 3.8) is 0 Å². The maximum absolute atomic E-state index is 11.6. The first-order valence-corrected chi connectivity index (χ1v) is 5.34. The number of carbonyl (C=O) groups is 1. The second kappa shape index (κ2) is 4.92. The van der Waals surface area contributed by atoms with E-state index in [1.54, 1.807) is 12.0 Å². The third kappa shape index (κ3) is 2.30. The molecule has 0 bridgehead atoms. The Labute approximate surface area is 89.3 Å². The molecule has 2 heterocycles. The van der Waals surface area contributed by atoms with Gasteiger partial charge in [0.2, 0.25) is 5.91 Å². The molecule has 0 aromatic rings. The van der Waals surface area contributed by atoms with Gasteiger partial charge < -0.3 is 19.1 Å². The van der Waals surface area contributed by atoms with Crippen LogP contribution in [-0.4, -0.2) is 50.2 Å². The van der Waals surface area contributed by atoms with Crippen molar-refractivity contribution in [3.05, 3.63) is 0 Å². The molecule has 0 radical (unpaired) electrons. The van der Waals surface area contributed by atoms with Crippen LogP contribution in [0, 0.1) is 0 Å². The highest BCUT2D eigenvalue weighted by atomic mass is 16.7. The van der Waals surface area contributed by atoms with E-state index in [4.69, 9.17) is 14.2 Å². The van der Waals surface area contributed by atoms with E-state index in [2.05, 4.69) is 0 Å². The van der Waals surface area contributed by atoms with Crippen molar-refractivity contribution in [1.82, 2.24) is 4.90 Å². The molecule has 1 amide bonds. The Kier molecular flexibility index (Phi) is 3.56. The Morgan fingerprint density at radius 1 is 1.60 bits per heavy atom. The summed E-state index contributed by atoms with van der Waals surface area (Å²) in [5, 5.41) is 0. The summed E-state index contributed by atoms with van der Waals surface area (Å²) in [5.41, 5.74) is 0. The Morgan fingerprint density at radius 2 is 2.47 bits per heavy atom. The summed E-state index contributed by atoms with van der Waals surface area (Å²) in [6, 6.07) is 0. The number of ether oxygens (including phenoxy) is 3. The fraction of sp³-hybridized carbons (Fsp3) is 0.900. The number of methoxy groups -OCH3 is 1. The normalized spacial score (nSPS) is 31.5. The molecule has 0 aliphatic carbocycles. The quantitative estimate of drug-likeness (QED) is 0.637. The van der Waals surface area contributed by atoms with Crippen LogP contribution >= 0.6 is 0 Å². The van der Waals surface area contributed by atoms with Gasteiger partial charge in [-0.05, 0) is 12.8 Å². The van der Waals surface area contributed by atoms with Crippen molar-refractivity contribution >= 4 is 5.91 Å². The minimum absolute atomic E-state index is 0.0389. The molecule has 5 heteroatoms. The lowest BCUT2D eigenvalue weighted by atomic mass is 10.0. The van der Waals surface area contributed by atoms with Crippen LogP contribution in [-0.2, 0) is 19.0 Å². The highest BCUT2D eigenvalue weighted by Gasteiger charge is 2.38. The topological polar surface area (TPSA) is 48.0 Å². The molecule has 0 spiro atoms. The molecule has 0 aromatic carbocycles. The lowest BCUT2D eigenvalue weighted by molar-refractivity contribution is -0.209. The molecule has 0 N–H and O–H groups in total. The lowest BCUT2D eigenvalue weighted by Gasteiger charge is -2.43. The van der Waals surface area contributed by atoms with Gasteiger partial charge in [-0.3, -0.25) is 4.79 Å². The van der Waals surface area contributed by atoms with Crippen LogP contribution in [0.25, 0.3) is 0 Å². The second-order valence-electron chi connectivity index (χ2n) is 3.85. The van der Waals surface area contributed by atoms with Gasteiger partial charge in [0.1, 0.15) is 12.9 Å². The van der Waals surface area contributed by atoms with Gasteiger partial charge in [0.15, 0.2) is 6.23 Å². The van der Waals surface area contributed by atoms with Crippen LogP contribution in [0.2, 0.25) is 0 Å². The first-order chi connectivity index (χ1) is 7.33. The lowest BCUT2D eigenvalue weighted by Crippen LogP contribution is -2.56. The number of carbonyl (C=O) groups excluding carboxylic acids is 1. The van der Waals surface area contributed by atoms with E-state index in [0.717, 1.165) is 19.4 Å². The molecule has 2 rings (SSSR count). The molecule has 86 valence electrons. The summed E-state index contributed by atoms with van der Waals surface area (Å²) in [6.07, 6.45) is 1.95. The van der Waals surface area contributed by atoms with Gasteiger partial charge in [-0.15, -0.1) is 0 Å². The monoisotopic (exact) mass is 215 g/mol. The summed E-state index contributed by atoms with van der Waals surface area (Å²) in [4.78, 5) is 13.4. The molecular weight excluding hydrogens is 198 g/mol. The number of amides is 1. The Balaban J connectivity index is 1.97. The van der Waals surface area contributed by atoms with Gasteiger partial charge in [-0.25, -0.2) is 0 Å². The van der Waals surface area contributed by atoms with E-state index in [0.29, 0.717) is 13.0 Å². The number of nitrogens with zero attached hydrogens (tertiary/aromatic N) is 1. The zero-order valence-corrected chi connectivity index (χ0v) is 8.98. The van der Waals surface area contributed by atoms with E-state index >= 15 is 0 Å². The fourth-order valence-corrected chi connectivity index (χ4v) is 2.10. The number of piperidine rings is 1. The van der Waals surface area contributed by atoms with Gasteiger partial charge >= 0.3 is 0 Å². The molecule has 0 saturated carbocycles. The highest BCUT2D eigenvalue weighted by molar-refractivity contribution is 5.77. The van der Waals surface area contributed by atoms with E-state index in [1.165, 1.54) is 0 Å². The molecule has 2 atom stereocenters. The molecule has 5 nitrogen and oxygen atoms in total. The summed E-state index contributed by atoms with van der Waals surface area (Å²) in [6.45, 7) is 1.75. The number of hydrogen-bond acceptors (Lipinski definition) is 4. The molecule has 0 aromatic heterocycles. The van der Waals surface area contributed by atoms with Gasteiger partial charge in [-0.1, -0.05) is 0 Å². The van der Waals surface area contributed by atoms with Crippen LogP contribution in [0.4, 0.5) is 0 Å². The fourth-order valence-electron chi connectivity index (χ4n) is 2.10. The first kappa shape index (κ1) is 10.9.